The summed E-state index contributed by atoms with van der Waals surface area (Å²) in [6, 6.07) is 6.24. The maximum absolute atomic E-state index is 12.9. The molecule has 1 aromatic carbocycles. The van der Waals surface area contributed by atoms with Gasteiger partial charge in [-0.1, -0.05) is 29.5 Å². The predicted molar refractivity (Wildman–Crippen MR) is 121 cm³/mol. The Morgan fingerprint density at radius 3 is 2.81 bits per heavy atom. The van der Waals surface area contributed by atoms with Crippen LogP contribution in [0.2, 0.25) is 5.02 Å². The molecule has 170 valence electrons. The first-order chi connectivity index (χ1) is 15.4. The van der Waals surface area contributed by atoms with Crippen molar-refractivity contribution in [2.24, 2.45) is 5.92 Å². The highest BCUT2D eigenvalue weighted by molar-refractivity contribution is 6.31. The van der Waals surface area contributed by atoms with Gasteiger partial charge in [-0.05, 0) is 49.9 Å². The molecule has 1 aliphatic heterocycles. The maximum atomic E-state index is 12.9. The van der Waals surface area contributed by atoms with Gasteiger partial charge >= 0.3 is 6.01 Å². The largest absolute Gasteiger partial charge is 0.407 e. The van der Waals surface area contributed by atoms with Gasteiger partial charge in [0.15, 0.2) is 0 Å². The Morgan fingerprint density at radius 2 is 2.09 bits per heavy atom. The van der Waals surface area contributed by atoms with E-state index in [4.69, 9.17) is 21.3 Å². The lowest BCUT2D eigenvalue weighted by Crippen LogP contribution is -2.54. The monoisotopic (exact) mass is 456 g/mol. The smallest absolute Gasteiger partial charge is 0.320 e. The molecule has 1 saturated carbocycles. The van der Waals surface area contributed by atoms with Crippen LogP contribution in [-0.2, 0) is 17.8 Å². The zero-order valence-corrected chi connectivity index (χ0v) is 19.4. The second-order valence-corrected chi connectivity index (χ2v) is 9.23. The molecule has 4 rings (SSSR count). The third-order valence-electron chi connectivity index (χ3n) is 6.51. The van der Waals surface area contributed by atoms with E-state index in [9.17, 15) is 4.79 Å². The van der Waals surface area contributed by atoms with E-state index in [-0.39, 0.29) is 30.3 Å². The third kappa shape index (κ3) is 5.05. The maximum Gasteiger partial charge on any atom is 0.320 e. The predicted octanol–water partition coefficient (Wildman–Crippen LogP) is 4.06. The molecule has 1 unspecified atom stereocenters. The van der Waals surface area contributed by atoms with Gasteiger partial charge in [0.05, 0.1) is 6.07 Å². The number of anilines is 2. The molecule has 1 aliphatic carbocycles. The van der Waals surface area contributed by atoms with Crippen LogP contribution in [0.3, 0.4) is 0 Å². The first-order valence-electron chi connectivity index (χ1n) is 11.2. The lowest BCUT2D eigenvalue weighted by atomic mass is 10.0. The van der Waals surface area contributed by atoms with Gasteiger partial charge in [-0.2, -0.15) is 5.26 Å². The molecule has 2 aliphatic rings. The van der Waals surface area contributed by atoms with Gasteiger partial charge in [0.1, 0.15) is 6.42 Å². The van der Waals surface area contributed by atoms with E-state index in [1.807, 2.05) is 25.1 Å². The third-order valence-corrected chi connectivity index (χ3v) is 6.73. The summed E-state index contributed by atoms with van der Waals surface area (Å²) in [6.07, 6.45) is 4.52. The van der Waals surface area contributed by atoms with Gasteiger partial charge in [0.25, 0.3) is 0 Å². The number of hydrogen-bond donors (Lipinski definition) is 1. The molecule has 0 bridgehead atoms. The molecular formula is C23H29ClN6O2. The van der Waals surface area contributed by atoms with Crippen molar-refractivity contribution in [1.82, 2.24) is 20.0 Å². The molecule has 1 saturated heterocycles. The molecule has 1 amide bonds. The number of rotatable bonds is 6. The van der Waals surface area contributed by atoms with Crippen molar-refractivity contribution < 1.29 is 9.21 Å². The van der Waals surface area contributed by atoms with Gasteiger partial charge in [-0.3, -0.25) is 9.69 Å². The number of carbonyl (C=O) groups is 1. The SMILES string of the molecule is Cc1c(CN2CCN(C(=O)C3CCCC3)C(C)C2)cc(Cl)cc1Nc1nnc(CC#N)o1. The Morgan fingerprint density at radius 1 is 1.31 bits per heavy atom. The Hall–Kier alpha value is -2.63. The van der Waals surface area contributed by atoms with Crippen molar-refractivity contribution in [2.45, 2.75) is 58.5 Å². The highest BCUT2D eigenvalue weighted by Gasteiger charge is 2.33. The average molecular weight is 457 g/mol. The Kier molecular flexibility index (Phi) is 6.97. The number of carbonyl (C=O) groups excluding carboxylic acids is 1. The van der Waals surface area contributed by atoms with E-state index < -0.39 is 0 Å². The molecular weight excluding hydrogens is 428 g/mol. The van der Waals surface area contributed by atoms with Crippen molar-refractivity contribution in [3.8, 4) is 6.07 Å². The average Bonchev–Trinajstić information content (AvgIpc) is 3.44. The summed E-state index contributed by atoms with van der Waals surface area (Å²) in [5, 5.41) is 20.3. The van der Waals surface area contributed by atoms with Crippen LogP contribution >= 0.6 is 11.6 Å². The highest BCUT2D eigenvalue weighted by Crippen LogP contribution is 2.30. The highest BCUT2D eigenvalue weighted by atomic mass is 35.5. The zero-order valence-electron chi connectivity index (χ0n) is 18.6. The summed E-state index contributed by atoms with van der Waals surface area (Å²) in [6.45, 7) is 7.38. The fourth-order valence-corrected chi connectivity index (χ4v) is 4.98. The first kappa shape index (κ1) is 22.6. The minimum Gasteiger partial charge on any atom is -0.407 e. The second-order valence-electron chi connectivity index (χ2n) is 8.80. The van der Waals surface area contributed by atoms with Crippen molar-refractivity contribution in [3.05, 3.63) is 34.2 Å². The van der Waals surface area contributed by atoms with Crippen molar-refractivity contribution in [3.63, 3.8) is 0 Å². The van der Waals surface area contributed by atoms with Crippen LogP contribution in [0.1, 0.15) is 49.6 Å². The molecule has 2 fully saturated rings. The van der Waals surface area contributed by atoms with Crippen molar-refractivity contribution >= 4 is 29.2 Å². The number of nitrogens with one attached hydrogen (secondary N) is 1. The van der Waals surface area contributed by atoms with Gasteiger partial charge in [-0.25, -0.2) is 0 Å². The lowest BCUT2D eigenvalue weighted by Gasteiger charge is -2.41. The summed E-state index contributed by atoms with van der Waals surface area (Å²) >= 11 is 6.41. The summed E-state index contributed by atoms with van der Waals surface area (Å²) < 4.78 is 5.46. The number of halogens is 1. The van der Waals surface area contributed by atoms with Crippen molar-refractivity contribution in [1.29, 1.82) is 5.26 Å². The summed E-state index contributed by atoms with van der Waals surface area (Å²) in [7, 11) is 0. The number of hydrogen-bond acceptors (Lipinski definition) is 7. The van der Waals surface area contributed by atoms with Crippen LogP contribution in [-0.4, -0.2) is 51.6 Å². The number of nitrogens with zero attached hydrogens (tertiary/aromatic N) is 5. The van der Waals surface area contributed by atoms with Gasteiger partial charge in [0, 0.05) is 48.8 Å². The summed E-state index contributed by atoms with van der Waals surface area (Å²) in [5.74, 6) is 0.843. The van der Waals surface area contributed by atoms with E-state index in [1.54, 1.807) is 0 Å². The molecule has 1 aromatic heterocycles. The lowest BCUT2D eigenvalue weighted by molar-refractivity contribution is -0.140. The first-order valence-corrected chi connectivity index (χ1v) is 11.6. The molecule has 9 heteroatoms. The summed E-state index contributed by atoms with van der Waals surface area (Å²) in [5.41, 5.74) is 2.95. The Balaban J connectivity index is 1.42. The number of benzene rings is 1. The zero-order chi connectivity index (χ0) is 22.7. The molecule has 8 nitrogen and oxygen atoms in total. The fourth-order valence-electron chi connectivity index (χ4n) is 4.74. The minimum atomic E-state index is 0.0713. The molecule has 1 N–H and O–H groups in total. The van der Waals surface area contributed by atoms with Gasteiger partial charge in [-0.15, -0.1) is 5.10 Å². The van der Waals surface area contributed by atoms with Crippen LogP contribution in [0.5, 0.6) is 0 Å². The molecule has 2 heterocycles. The van der Waals surface area contributed by atoms with Crippen LogP contribution in [0, 0.1) is 24.2 Å². The normalized spacial score (nSPS) is 19.8. The molecule has 0 radical (unpaired) electrons. The molecule has 2 aromatic rings. The van der Waals surface area contributed by atoms with E-state index in [0.29, 0.717) is 10.9 Å². The Labute approximate surface area is 193 Å². The summed E-state index contributed by atoms with van der Waals surface area (Å²) in [4.78, 5) is 17.3. The number of aromatic nitrogens is 2. The van der Waals surface area contributed by atoms with Crippen LogP contribution in [0.15, 0.2) is 16.5 Å². The van der Waals surface area contributed by atoms with E-state index in [1.165, 1.54) is 12.8 Å². The van der Waals surface area contributed by atoms with E-state index >= 15 is 0 Å². The quantitative estimate of drug-likeness (QED) is 0.699. The molecule has 32 heavy (non-hydrogen) atoms. The van der Waals surface area contributed by atoms with Crippen LogP contribution in [0.4, 0.5) is 11.7 Å². The standard InChI is InChI=1S/C23H29ClN6O2/c1-15-13-29(9-10-30(15)22(31)17-5-3-4-6-17)14-18-11-19(24)12-20(16(18)2)26-23-28-27-21(32-23)7-8-25/h11-12,15,17H,3-7,9-10,13-14H2,1-2H3,(H,26,28). The van der Waals surface area contributed by atoms with Crippen LogP contribution < -0.4 is 5.32 Å². The molecule has 0 spiro atoms. The second kappa shape index (κ2) is 9.88. The minimum absolute atomic E-state index is 0.0713. The topological polar surface area (TPSA) is 98.3 Å². The van der Waals surface area contributed by atoms with Gasteiger partial charge < -0.3 is 14.6 Å². The molecule has 1 atom stereocenters. The van der Waals surface area contributed by atoms with E-state index in [0.717, 1.165) is 55.8 Å². The fraction of sp³-hybridized carbons (Fsp3) is 0.565. The number of amides is 1. The van der Waals surface area contributed by atoms with Gasteiger partial charge in [0.2, 0.25) is 11.8 Å². The Bertz CT molecular complexity index is 1010. The van der Waals surface area contributed by atoms with Crippen molar-refractivity contribution in [2.75, 3.05) is 25.0 Å². The van der Waals surface area contributed by atoms with Crippen LogP contribution in [0.25, 0.3) is 0 Å². The number of piperazine rings is 1. The van der Waals surface area contributed by atoms with E-state index in [2.05, 4.69) is 32.2 Å². The number of nitriles is 1.